The lowest BCUT2D eigenvalue weighted by atomic mass is 10.1. The van der Waals surface area contributed by atoms with Crippen LogP contribution >= 0.6 is 0 Å². The quantitative estimate of drug-likeness (QED) is 0.441. The Morgan fingerprint density at radius 3 is 2.60 bits per heavy atom. The molecule has 0 aliphatic carbocycles. The number of hydrogen-bond donors (Lipinski definition) is 4. The number of nitrogens with zero attached hydrogens (tertiary/aromatic N) is 2. The van der Waals surface area contributed by atoms with Crippen molar-refractivity contribution in [2.24, 2.45) is 0 Å². The highest BCUT2D eigenvalue weighted by Gasteiger charge is 2.39. The number of carbonyl (C=O) groups is 3. The summed E-state index contributed by atoms with van der Waals surface area (Å²) in [6.07, 6.45) is 0.693. The molecule has 5 rings (SSSR count). The SMILES string of the molecule is Nc1[nH]cc2cc(NC(=O)[C@H](O)[C@H]3OCCN(c4ccc(C(=O)N5CCCC5)cc4)C3=O)ccc12. The fourth-order valence-electron chi connectivity index (χ4n) is 4.57. The Bertz CT molecular complexity index is 1260. The molecule has 2 saturated heterocycles. The smallest absolute Gasteiger partial charge is 0.259 e. The zero-order valence-corrected chi connectivity index (χ0v) is 19.1. The molecule has 1 aromatic heterocycles. The predicted octanol–water partition coefficient (Wildman–Crippen LogP) is 1.72. The number of fused-ring (bicyclic) bond motifs is 1. The van der Waals surface area contributed by atoms with Crippen LogP contribution in [0.4, 0.5) is 17.2 Å². The highest BCUT2D eigenvalue weighted by atomic mass is 16.5. The predicted molar refractivity (Wildman–Crippen MR) is 131 cm³/mol. The number of nitrogens with two attached hydrogens (primary N) is 1. The number of benzene rings is 2. The molecule has 182 valence electrons. The van der Waals surface area contributed by atoms with E-state index in [1.165, 1.54) is 4.90 Å². The number of nitrogens with one attached hydrogen (secondary N) is 2. The van der Waals surface area contributed by atoms with Gasteiger partial charge in [0.05, 0.1) is 6.61 Å². The van der Waals surface area contributed by atoms with Crippen molar-refractivity contribution in [1.29, 1.82) is 0 Å². The Labute approximate surface area is 201 Å². The van der Waals surface area contributed by atoms with Crippen LogP contribution in [-0.4, -0.2) is 71.2 Å². The highest BCUT2D eigenvalue weighted by molar-refractivity contribution is 6.05. The molecule has 3 amide bonds. The van der Waals surface area contributed by atoms with Gasteiger partial charge in [0.15, 0.2) is 12.2 Å². The Hall–Kier alpha value is -3.89. The zero-order chi connectivity index (χ0) is 24.5. The van der Waals surface area contributed by atoms with Gasteiger partial charge < -0.3 is 35.7 Å². The number of amides is 3. The van der Waals surface area contributed by atoms with E-state index >= 15 is 0 Å². The van der Waals surface area contributed by atoms with Crippen molar-refractivity contribution in [3.8, 4) is 0 Å². The van der Waals surface area contributed by atoms with E-state index < -0.39 is 24.0 Å². The van der Waals surface area contributed by atoms with E-state index in [-0.39, 0.29) is 19.1 Å². The summed E-state index contributed by atoms with van der Waals surface area (Å²) in [5.41, 5.74) is 7.43. The lowest BCUT2D eigenvalue weighted by molar-refractivity contribution is -0.150. The summed E-state index contributed by atoms with van der Waals surface area (Å²) < 4.78 is 5.48. The molecule has 0 spiro atoms. The van der Waals surface area contributed by atoms with Crippen LogP contribution in [0.1, 0.15) is 23.2 Å². The first-order valence-corrected chi connectivity index (χ1v) is 11.6. The van der Waals surface area contributed by atoms with Crippen LogP contribution in [0.25, 0.3) is 10.8 Å². The lowest BCUT2D eigenvalue weighted by Crippen LogP contribution is -2.55. The number of H-pyrrole nitrogens is 1. The normalized spacial score (nSPS) is 19.2. The number of carbonyl (C=O) groups excluding carboxylic acids is 3. The molecule has 2 fully saturated rings. The van der Waals surface area contributed by atoms with Gasteiger partial charge in [-0.2, -0.15) is 0 Å². The second-order valence-electron chi connectivity index (χ2n) is 8.77. The highest BCUT2D eigenvalue weighted by Crippen LogP contribution is 2.25. The van der Waals surface area contributed by atoms with Crippen LogP contribution in [0.2, 0.25) is 0 Å². The molecular weight excluding hydrogens is 450 g/mol. The summed E-state index contributed by atoms with van der Waals surface area (Å²) in [5.74, 6) is -0.772. The van der Waals surface area contributed by atoms with Crippen molar-refractivity contribution in [2.45, 2.75) is 25.0 Å². The topological polar surface area (TPSA) is 141 Å². The Morgan fingerprint density at radius 1 is 1.11 bits per heavy atom. The maximum atomic E-state index is 13.1. The third-order valence-electron chi connectivity index (χ3n) is 6.49. The molecule has 35 heavy (non-hydrogen) atoms. The summed E-state index contributed by atoms with van der Waals surface area (Å²) in [6, 6.07) is 11.9. The van der Waals surface area contributed by atoms with Crippen LogP contribution in [0.3, 0.4) is 0 Å². The molecule has 0 bridgehead atoms. The second-order valence-corrected chi connectivity index (χ2v) is 8.77. The summed E-state index contributed by atoms with van der Waals surface area (Å²) in [4.78, 5) is 44.6. The first-order valence-electron chi connectivity index (χ1n) is 11.6. The second kappa shape index (κ2) is 9.40. The molecule has 2 aliphatic heterocycles. The van der Waals surface area contributed by atoms with Gasteiger partial charge in [-0.25, -0.2) is 0 Å². The Balaban J connectivity index is 1.26. The summed E-state index contributed by atoms with van der Waals surface area (Å²) >= 11 is 0. The van der Waals surface area contributed by atoms with Crippen LogP contribution < -0.4 is 16.0 Å². The first kappa shape index (κ1) is 22.9. The number of aromatic amines is 1. The largest absolute Gasteiger partial charge is 0.385 e. The average Bonchev–Trinajstić information content (AvgIpc) is 3.54. The number of anilines is 3. The van der Waals surface area contributed by atoms with Crippen LogP contribution in [-0.2, 0) is 14.3 Å². The number of aromatic nitrogens is 1. The lowest BCUT2D eigenvalue weighted by Gasteiger charge is -2.34. The minimum absolute atomic E-state index is 0.0205. The molecule has 0 radical (unpaired) electrons. The van der Waals surface area contributed by atoms with E-state index in [1.54, 1.807) is 48.7 Å². The standard InChI is InChI=1S/C25H27N5O5/c26-22-19-8-5-17(13-16(19)14-27-22)28-23(32)20(31)21-25(34)30(11-12-35-21)18-6-3-15(4-7-18)24(33)29-9-1-2-10-29/h3-8,13-14,20-21,27,31H,1-2,9-12,26H2,(H,28,32)/t20-,21-/m1/s1. The van der Waals surface area contributed by atoms with E-state index in [2.05, 4.69) is 10.3 Å². The molecule has 2 atom stereocenters. The third kappa shape index (κ3) is 4.45. The number of ether oxygens (including phenoxy) is 1. The van der Waals surface area contributed by atoms with Crippen molar-refractivity contribution in [3.63, 3.8) is 0 Å². The van der Waals surface area contributed by atoms with Crippen LogP contribution in [0, 0.1) is 0 Å². The van der Waals surface area contributed by atoms with Gasteiger partial charge in [-0.3, -0.25) is 14.4 Å². The average molecular weight is 478 g/mol. The number of aliphatic hydroxyl groups excluding tert-OH is 1. The third-order valence-corrected chi connectivity index (χ3v) is 6.49. The van der Waals surface area contributed by atoms with E-state index in [1.807, 2.05) is 4.90 Å². The molecule has 5 N–H and O–H groups in total. The van der Waals surface area contributed by atoms with Crippen LogP contribution in [0.15, 0.2) is 48.7 Å². The van der Waals surface area contributed by atoms with Crippen molar-refractivity contribution < 1.29 is 24.2 Å². The molecule has 3 aromatic rings. The van der Waals surface area contributed by atoms with Crippen molar-refractivity contribution >= 4 is 45.7 Å². The zero-order valence-electron chi connectivity index (χ0n) is 19.1. The first-order chi connectivity index (χ1) is 16.9. The van der Waals surface area contributed by atoms with Gasteiger partial charge in [-0.05, 0) is 55.3 Å². The van der Waals surface area contributed by atoms with Crippen molar-refractivity contribution in [2.75, 3.05) is 42.2 Å². The number of hydrogen-bond acceptors (Lipinski definition) is 6. The van der Waals surface area contributed by atoms with Gasteiger partial charge in [-0.1, -0.05) is 0 Å². The van der Waals surface area contributed by atoms with Crippen LogP contribution in [0.5, 0.6) is 0 Å². The Kier molecular flexibility index (Phi) is 6.14. The van der Waals surface area contributed by atoms with E-state index in [0.29, 0.717) is 22.8 Å². The van der Waals surface area contributed by atoms with Gasteiger partial charge >= 0.3 is 0 Å². The molecule has 2 aliphatic rings. The minimum atomic E-state index is -1.70. The number of nitrogen functional groups attached to an aromatic ring is 1. The van der Waals surface area contributed by atoms with E-state index in [0.717, 1.165) is 36.7 Å². The molecule has 0 unspecified atom stereocenters. The number of rotatable bonds is 5. The monoisotopic (exact) mass is 477 g/mol. The van der Waals surface area contributed by atoms with Gasteiger partial charge in [-0.15, -0.1) is 0 Å². The number of aliphatic hydroxyl groups is 1. The van der Waals surface area contributed by atoms with E-state index in [4.69, 9.17) is 10.5 Å². The van der Waals surface area contributed by atoms with Gasteiger partial charge in [0.2, 0.25) is 0 Å². The molecule has 10 heteroatoms. The maximum Gasteiger partial charge on any atom is 0.259 e. The number of likely N-dealkylation sites (tertiary alicyclic amines) is 1. The van der Waals surface area contributed by atoms with Gasteiger partial charge in [0.25, 0.3) is 17.7 Å². The molecule has 3 heterocycles. The molecule has 2 aromatic carbocycles. The summed E-state index contributed by atoms with van der Waals surface area (Å²) in [5, 5.41) is 14.9. The number of morpholine rings is 1. The summed E-state index contributed by atoms with van der Waals surface area (Å²) in [7, 11) is 0. The van der Waals surface area contributed by atoms with Crippen molar-refractivity contribution in [1.82, 2.24) is 9.88 Å². The van der Waals surface area contributed by atoms with Gasteiger partial charge in [0, 0.05) is 53.5 Å². The van der Waals surface area contributed by atoms with Crippen molar-refractivity contribution in [3.05, 3.63) is 54.2 Å². The summed E-state index contributed by atoms with van der Waals surface area (Å²) in [6.45, 7) is 1.95. The Morgan fingerprint density at radius 2 is 1.86 bits per heavy atom. The van der Waals surface area contributed by atoms with Gasteiger partial charge in [0.1, 0.15) is 5.82 Å². The molecular formula is C25H27N5O5. The fraction of sp³-hybridized carbons (Fsp3) is 0.320. The molecule has 0 saturated carbocycles. The minimum Gasteiger partial charge on any atom is -0.385 e. The fourth-order valence-corrected chi connectivity index (χ4v) is 4.57. The van der Waals surface area contributed by atoms with E-state index in [9.17, 15) is 19.5 Å². The molecule has 10 nitrogen and oxygen atoms in total. The maximum absolute atomic E-state index is 13.1.